The molecule has 2 aromatic carbocycles. The number of amides is 1. The third-order valence-corrected chi connectivity index (χ3v) is 5.65. The lowest BCUT2D eigenvalue weighted by Crippen LogP contribution is -2.43. The molecule has 5 nitrogen and oxygen atoms in total. The number of carbonyl (C=O) groups excluding carboxylic acids is 1. The maximum absolute atomic E-state index is 13.1. The van der Waals surface area contributed by atoms with Crippen molar-refractivity contribution < 1.29 is 19.0 Å². The summed E-state index contributed by atoms with van der Waals surface area (Å²) >= 11 is 0. The number of methoxy groups -OCH3 is 1. The molecule has 2 heterocycles. The van der Waals surface area contributed by atoms with Gasteiger partial charge in [-0.25, -0.2) is 4.39 Å². The second kappa shape index (κ2) is 8.24. The number of carbonyl (C=O) groups is 1. The molecule has 2 aliphatic heterocycles. The molecule has 4 rings (SSSR count). The molecule has 1 saturated heterocycles. The molecule has 0 bridgehead atoms. The van der Waals surface area contributed by atoms with Crippen molar-refractivity contribution in [1.29, 1.82) is 0 Å². The first-order valence-electron chi connectivity index (χ1n) is 9.68. The summed E-state index contributed by atoms with van der Waals surface area (Å²) in [6, 6.07) is 11.7. The first-order valence-corrected chi connectivity index (χ1v) is 9.68. The fraction of sp³-hybridized carbons (Fsp3) is 0.348. The normalized spacial score (nSPS) is 22.2. The van der Waals surface area contributed by atoms with Gasteiger partial charge in [-0.1, -0.05) is 11.8 Å². The minimum atomic E-state index is -0.290. The maximum atomic E-state index is 13.1. The highest BCUT2D eigenvalue weighted by Crippen LogP contribution is 2.46. The van der Waals surface area contributed by atoms with E-state index in [1.54, 1.807) is 12.1 Å². The molecule has 150 valence electrons. The second-order valence-corrected chi connectivity index (χ2v) is 7.41. The minimum absolute atomic E-state index is 0.0129. The Bertz CT molecular complexity index is 964. The Kier molecular flexibility index (Phi) is 5.52. The van der Waals surface area contributed by atoms with Gasteiger partial charge in [-0.2, -0.15) is 0 Å². The molecule has 1 amide bonds. The molecule has 0 unspecified atom stereocenters. The average Bonchev–Trinajstić information content (AvgIpc) is 3.18. The van der Waals surface area contributed by atoms with Gasteiger partial charge in [0.1, 0.15) is 12.4 Å². The van der Waals surface area contributed by atoms with E-state index in [4.69, 9.17) is 4.74 Å². The Labute approximate surface area is 169 Å². The van der Waals surface area contributed by atoms with Gasteiger partial charge < -0.3 is 20.1 Å². The molecule has 2 aliphatic rings. The third-order valence-electron chi connectivity index (χ3n) is 5.65. The second-order valence-electron chi connectivity index (χ2n) is 7.41. The predicted molar refractivity (Wildman–Crippen MR) is 108 cm³/mol. The van der Waals surface area contributed by atoms with Gasteiger partial charge in [-0.3, -0.25) is 4.79 Å². The van der Waals surface area contributed by atoms with Crippen molar-refractivity contribution >= 4 is 11.6 Å². The molecular formula is C23H23FN2O3. The lowest BCUT2D eigenvalue weighted by atomic mass is 9.82. The van der Waals surface area contributed by atoms with E-state index in [1.807, 2.05) is 23.1 Å². The number of likely N-dealkylation sites (tertiary alicyclic amines) is 1. The first-order chi connectivity index (χ1) is 14.1. The van der Waals surface area contributed by atoms with Crippen LogP contribution in [0.3, 0.4) is 0 Å². The van der Waals surface area contributed by atoms with E-state index in [1.165, 1.54) is 19.2 Å². The Morgan fingerprint density at radius 2 is 1.97 bits per heavy atom. The fourth-order valence-corrected chi connectivity index (χ4v) is 4.30. The molecular weight excluding hydrogens is 371 g/mol. The number of aliphatic hydroxyl groups is 1. The van der Waals surface area contributed by atoms with Crippen molar-refractivity contribution in [2.75, 3.05) is 32.2 Å². The molecule has 0 aromatic heterocycles. The monoisotopic (exact) mass is 394 g/mol. The minimum Gasteiger partial charge on any atom is -0.394 e. The Morgan fingerprint density at radius 1 is 1.24 bits per heavy atom. The highest BCUT2D eigenvalue weighted by atomic mass is 19.1. The van der Waals surface area contributed by atoms with Crippen molar-refractivity contribution in [3.05, 3.63) is 65.0 Å². The topological polar surface area (TPSA) is 61.8 Å². The number of aliphatic hydroxyl groups excluding tert-OH is 1. The standard InChI is InChI=1S/C23H23FN2O3/c1-29-14-22(28)26-11-10-18-21(13-27)25-20-9-6-16(12-19(20)23(18)26)3-2-15-4-7-17(24)8-5-15/h4-9,12,18,21,23,25,27H,10-11,13-14H2,1H3/t18-,21+,23-/m1/s1. The number of anilines is 1. The first kappa shape index (κ1) is 19.4. The maximum Gasteiger partial charge on any atom is 0.249 e. The van der Waals surface area contributed by atoms with Gasteiger partial charge in [0.05, 0.1) is 18.7 Å². The SMILES string of the molecule is COCC(=O)N1CC[C@@H]2[C@H](CO)Nc3ccc(C#Cc4ccc(F)cc4)cc3[C@@H]21. The van der Waals surface area contributed by atoms with Crippen LogP contribution in [0.2, 0.25) is 0 Å². The molecule has 1 fully saturated rings. The Balaban J connectivity index is 1.68. The van der Waals surface area contributed by atoms with E-state index in [-0.39, 0.29) is 42.9 Å². The summed E-state index contributed by atoms with van der Waals surface area (Å²) in [6.45, 7) is 0.694. The smallest absolute Gasteiger partial charge is 0.249 e. The number of benzene rings is 2. The van der Waals surface area contributed by atoms with Crippen LogP contribution in [0.15, 0.2) is 42.5 Å². The predicted octanol–water partition coefficient (Wildman–Crippen LogP) is 2.55. The van der Waals surface area contributed by atoms with Crippen LogP contribution in [0.25, 0.3) is 0 Å². The van der Waals surface area contributed by atoms with Gasteiger partial charge in [-0.15, -0.1) is 0 Å². The van der Waals surface area contributed by atoms with E-state index in [0.717, 1.165) is 28.8 Å². The quantitative estimate of drug-likeness (QED) is 0.786. The summed E-state index contributed by atoms with van der Waals surface area (Å²) in [4.78, 5) is 14.4. The fourth-order valence-electron chi connectivity index (χ4n) is 4.30. The summed E-state index contributed by atoms with van der Waals surface area (Å²) < 4.78 is 18.1. The van der Waals surface area contributed by atoms with Crippen molar-refractivity contribution in [3.63, 3.8) is 0 Å². The number of hydrogen-bond donors (Lipinski definition) is 2. The molecule has 0 radical (unpaired) electrons. The molecule has 0 saturated carbocycles. The van der Waals surface area contributed by atoms with E-state index in [0.29, 0.717) is 6.54 Å². The van der Waals surface area contributed by atoms with Gasteiger partial charge in [-0.05, 0) is 54.4 Å². The largest absolute Gasteiger partial charge is 0.394 e. The van der Waals surface area contributed by atoms with E-state index in [9.17, 15) is 14.3 Å². The summed E-state index contributed by atoms with van der Waals surface area (Å²) in [5.74, 6) is 5.97. The highest BCUT2D eigenvalue weighted by molar-refractivity contribution is 5.79. The molecule has 2 N–H and O–H groups in total. The number of fused-ring (bicyclic) bond motifs is 3. The van der Waals surface area contributed by atoms with Crippen molar-refractivity contribution in [1.82, 2.24) is 4.90 Å². The van der Waals surface area contributed by atoms with Crippen LogP contribution in [-0.2, 0) is 9.53 Å². The van der Waals surface area contributed by atoms with Crippen molar-refractivity contribution in [2.45, 2.75) is 18.5 Å². The molecule has 6 heteroatoms. The molecule has 0 aliphatic carbocycles. The van der Waals surface area contributed by atoms with Gasteiger partial charge in [0.25, 0.3) is 0 Å². The lowest BCUT2D eigenvalue weighted by Gasteiger charge is -2.39. The van der Waals surface area contributed by atoms with Gasteiger partial charge in [0.2, 0.25) is 5.91 Å². The Hall–Kier alpha value is -2.88. The molecule has 0 spiro atoms. The van der Waals surface area contributed by atoms with Crippen LogP contribution in [0.5, 0.6) is 0 Å². The van der Waals surface area contributed by atoms with E-state index >= 15 is 0 Å². The van der Waals surface area contributed by atoms with Gasteiger partial charge in [0.15, 0.2) is 0 Å². The molecule has 2 aromatic rings. The van der Waals surface area contributed by atoms with E-state index in [2.05, 4.69) is 17.2 Å². The van der Waals surface area contributed by atoms with Crippen LogP contribution in [0, 0.1) is 23.6 Å². The van der Waals surface area contributed by atoms with Gasteiger partial charge >= 0.3 is 0 Å². The third kappa shape index (κ3) is 3.84. The highest BCUT2D eigenvalue weighted by Gasteiger charge is 2.45. The number of nitrogens with zero attached hydrogens (tertiary/aromatic N) is 1. The number of rotatable bonds is 3. The van der Waals surface area contributed by atoms with Crippen molar-refractivity contribution in [3.8, 4) is 11.8 Å². The number of ether oxygens (including phenoxy) is 1. The Morgan fingerprint density at radius 3 is 2.69 bits per heavy atom. The molecule has 3 atom stereocenters. The van der Waals surface area contributed by atoms with Crippen LogP contribution in [0.1, 0.15) is 29.2 Å². The van der Waals surface area contributed by atoms with Crippen molar-refractivity contribution in [2.24, 2.45) is 5.92 Å². The average molecular weight is 394 g/mol. The van der Waals surface area contributed by atoms with E-state index < -0.39 is 0 Å². The van der Waals surface area contributed by atoms with Crippen LogP contribution >= 0.6 is 0 Å². The van der Waals surface area contributed by atoms with Gasteiger partial charge in [0, 0.05) is 36.4 Å². The number of nitrogens with one attached hydrogen (secondary N) is 1. The number of hydrogen-bond acceptors (Lipinski definition) is 4. The number of halogens is 1. The van der Waals surface area contributed by atoms with Crippen LogP contribution < -0.4 is 5.32 Å². The zero-order valence-electron chi connectivity index (χ0n) is 16.2. The zero-order valence-corrected chi connectivity index (χ0v) is 16.2. The lowest BCUT2D eigenvalue weighted by molar-refractivity contribution is -0.136. The summed E-state index contributed by atoms with van der Waals surface area (Å²) in [5, 5.41) is 13.2. The van der Waals surface area contributed by atoms with Crippen LogP contribution in [-0.4, -0.2) is 48.8 Å². The summed E-state index contributed by atoms with van der Waals surface area (Å²) in [7, 11) is 1.52. The molecule has 29 heavy (non-hydrogen) atoms. The summed E-state index contributed by atoms with van der Waals surface area (Å²) in [6.07, 6.45) is 0.823. The summed E-state index contributed by atoms with van der Waals surface area (Å²) in [5.41, 5.74) is 3.47. The van der Waals surface area contributed by atoms with Crippen LogP contribution in [0.4, 0.5) is 10.1 Å². The zero-order chi connectivity index (χ0) is 20.4.